The van der Waals surface area contributed by atoms with Crippen LogP contribution >= 0.6 is 11.6 Å². The highest BCUT2D eigenvalue weighted by Crippen LogP contribution is 2.14. The molecule has 0 bridgehead atoms. The summed E-state index contributed by atoms with van der Waals surface area (Å²) in [4.78, 5) is 8.11. The van der Waals surface area contributed by atoms with Crippen LogP contribution in [0.4, 0.5) is 0 Å². The molecule has 4 nitrogen and oxygen atoms in total. The maximum atomic E-state index is 9.07. The third-order valence-corrected chi connectivity index (χ3v) is 1.60. The quantitative estimate of drug-likeness (QED) is 0.544. The molecule has 0 aliphatic rings. The van der Waals surface area contributed by atoms with E-state index in [1.165, 1.54) is 5.34 Å². The summed E-state index contributed by atoms with van der Waals surface area (Å²) in [6.07, 6.45) is -0.405. The standard InChI is InChI=1S/C8H9ClO.HNO2/c1-6(10)7-2-4-8(9)5-3-7;2-1-3/h2-6,10H,1H3;(H,2,3). The summed E-state index contributed by atoms with van der Waals surface area (Å²) in [6, 6.07) is 7.16. The van der Waals surface area contributed by atoms with Crippen molar-refractivity contribution in [2.75, 3.05) is 0 Å². The van der Waals surface area contributed by atoms with E-state index in [1.54, 1.807) is 19.1 Å². The second kappa shape index (κ2) is 6.39. The minimum absolute atomic E-state index is 0.405. The van der Waals surface area contributed by atoms with Crippen molar-refractivity contribution in [3.63, 3.8) is 0 Å². The van der Waals surface area contributed by atoms with Gasteiger partial charge in [0, 0.05) is 5.02 Å². The molecular weight excluding hydrogens is 194 g/mol. The van der Waals surface area contributed by atoms with Crippen molar-refractivity contribution in [2.45, 2.75) is 13.0 Å². The number of hydrogen-bond donors (Lipinski definition) is 2. The molecule has 13 heavy (non-hydrogen) atoms. The summed E-state index contributed by atoms with van der Waals surface area (Å²) in [7, 11) is 0. The highest BCUT2D eigenvalue weighted by Gasteiger charge is 1.97. The van der Waals surface area contributed by atoms with Crippen LogP contribution in [0.15, 0.2) is 29.6 Å². The fourth-order valence-electron chi connectivity index (χ4n) is 0.741. The van der Waals surface area contributed by atoms with Crippen LogP contribution in [0.25, 0.3) is 0 Å². The molecule has 0 aliphatic carbocycles. The second-order valence-electron chi connectivity index (χ2n) is 2.31. The molecule has 0 aliphatic heterocycles. The van der Waals surface area contributed by atoms with Gasteiger partial charge < -0.3 is 10.3 Å². The third-order valence-electron chi connectivity index (χ3n) is 1.35. The molecule has 1 aromatic carbocycles. The molecule has 0 aromatic heterocycles. The zero-order chi connectivity index (χ0) is 10.3. The Hall–Kier alpha value is -1.13. The lowest BCUT2D eigenvalue weighted by molar-refractivity contribution is 0.199. The summed E-state index contributed by atoms with van der Waals surface area (Å²) >= 11 is 5.63. The Morgan fingerprint density at radius 1 is 1.38 bits per heavy atom. The molecule has 0 heterocycles. The first-order chi connectivity index (χ1) is 6.11. The topological polar surface area (TPSA) is 69.9 Å². The number of aliphatic hydroxyl groups is 1. The number of nitrogens with zero attached hydrogens (tertiary/aromatic N) is 1. The molecule has 0 spiro atoms. The smallest absolute Gasteiger partial charge is 0.152 e. The van der Waals surface area contributed by atoms with Crippen LogP contribution in [0.5, 0.6) is 0 Å². The molecule has 1 atom stereocenters. The number of benzene rings is 1. The second-order valence-corrected chi connectivity index (χ2v) is 2.75. The van der Waals surface area contributed by atoms with Crippen molar-refractivity contribution in [3.8, 4) is 0 Å². The first-order valence-electron chi connectivity index (χ1n) is 3.52. The van der Waals surface area contributed by atoms with Gasteiger partial charge in [0.1, 0.15) is 0 Å². The van der Waals surface area contributed by atoms with Crippen molar-refractivity contribution in [1.29, 1.82) is 0 Å². The van der Waals surface area contributed by atoms with Gasteiger partial charge in [0.2, 0.25) is 0 Å². The highest BCUT2D eigenvalue weighted by atomic mass is 35.5. The molecular formula is C8H10ClNO3. The minimum Gasteiger partial charge on any atom is -0.389 e. The third kappa shape index (κ3) is 5.16. The van der Waals surface area contributed by atoms with Crippen LogP contribution in [-0.4, -0.2) is 10.3 Å². The van der Waals surface area contributed by atoms with E-state index in [-0.39, 0.29) is 0 Å². The van der Waals surface area contributed by atoms with Gasteiger partial charge in [-0.25, -0.2) is 0 Å². The normalized spacial score (nSPS) is 11.0. The molecule has 2 N–H and O–H groups in total. The van der Waals surface area contributed by atoms with Crippen LogP contribution in [0.3, 0.4) is 0 Å². The first kappa shape index (κ1) is 11.9. The molecule has 5 heteroatoms. The largest absolute Gasteiger partial charge is 0.389 e. The zero-order valence-corrected chi connectivity index (χ0v) is 7.77. The molecule has 0 amide bonds. The Balaban J connectivity index is 0.000000424. The molecule has 1 rings (SSSR count). The van der Waals surface area contributed by atoms with Crippen LogP contribution in [0.2, 0.25) is 5.02 Å². The van der Waals surface area contributed by atoms with E-state index in [4.69, 9.17) is 26.8 Å². The lowest BCUT2D eigenvalue weighted by Gasteiger charge is -2.02. The number of aliphatic hydroxyl groups excluding tert-OH is 1. The maximum absolute atomic E-state index is 9.07. The molecule has 72 valence electrons. The van der Waals surface area contributed by atoms with Gasteiger partial charge in [-0.1, -0.05) is 23.7 Å². The summed E-state index contributed by atoms with van der Waals surface area (Å²) < 4.78 is 0. The van der Waals surface area contributed by atoms with Gasteiger partial charge in [-0.3, -0.25) is 0 Å². The van der Waals surface area contributed by atoms with E-state index < -0.39 is 6.10 Å². The van der Waals surface area contributed by atoms with E-state index in [1.807, 2.05) is 12.1 Å². The summed E-state index contributed by atoms with van der Waals surface area (Å²) in [5.74, 6) is 0. The van der Waals surface area contributed by atoms with Gasteiger partial charge in [0.05, 0.1) is 6.10 Å². The highest BCUT2D eigenvalue weighted by molar-refractivity contribution is 6.30. The first-order valence-corrected chi connectivity index (χ1v) is 3.90. The van der Waals surface area contributed by atoms with Crippen molar-refractivity contribution in [2.24, 2.45) is 5.34 Å². The van der Waals surface area contributed by atoms with Crippen LogP contribution in [-0.2, 0) is 0 Å². The van der Waals surface area contributed by atoms with Gasteiger partial charge in [-0.2, -0.15) is 0 Å². The zero-order valence-electron chi connectivity index (χ0n) is 7.01. The predicted molar refractivity (Wildman–Crippen MR) is 49.7 cm³/mol. The summed E-state index contributed by atoms with van der Waals surface area (Å²) in [5.41, 5.74) is 0.893. The van der Waals surface area contributed by atoms with Crippen LogP contribution < -0.4 is 0 Å². The van der Waals surface area contributed by atoms with E-state index in [0.29, 0.717) is 5.02 Å². The number of rotatable bonds is 1. The van der Waals surface area contributed by atoms with Crippen molar-refractivity contribution in [3.05, 3.63) is 39.8 Å². The van der Waals surface area contributed by atoms with Gasteiger partial charge in [0.15, 0.2) is 5.34 Å². The van der Waals surface area contributed by atoms with Crippen molar-refractivity contribution in [1.82, 2.24) is 0 Å². The average molecular weight is 204 g/mol. The summed E-state index contributed by atoms with van der Waals surface area (Å²) in [5, 5.41) is 17.7. The van der Waals surface area contributed by atoms with Gasteiger partial charge in [-0.15, -0.1) is 4.91 Å². The van der Waals surface area contributed by atoms with Crippen molar-refractivity contribution < 1.29 is 10.3 Å². The van der Waals surface area contributed by atoms with Crippen LogP contribution in [0, 0.1) is 4.91 Å². The van der Waals surface area contributed by atoms with Crippen LogP contribution in [0.1, 0.15) is 18.6 Å². The number of halogens is 1. The van der Waals surface area contributed by atoms with Gasteiger partial charge in [-0.05, 0) is 24.6 Å². The molecule has 0 radical (unpaired) electrons. The summed E-state index contributed by atoms with van der Waals surface area (Å²) in [6.45, 7) is 1.73. The Labute approximate surface area is 80.7 Å². The fourth-order valence-corrected chi connectivity index (χ4v) is 0.867. The maximum Gasteiger partial charge on any atom is 0.152 e. The van der Waals surface area contributed by atoms with Crippen molar-refractivity contribution >= 4 is 11.6 Å². The van der Waals surface area contributed by atoms with Gasteiger partial charge in [0.25, 0.3) is 0 Å². The Morgan fingerprint density at radius 2 is 1.77 bits per heavy atom. The molecule has 1 aromatic rings. The molecule has 0 saturated heterocycles. The Morgan fingerprint density at radius 3 is 2.08 bits per heavy atom. The molecule has 0 saturated carbocycles. The average Bonchev–Trinajstić information content (AvgIpc) is 2.06. The van der Waals surface area contributed by atoms with E-state index in [2.05, 4.69) is 0 Å². The minimum atomic E-state index is -0.405. The van der Waals surface area contributed by atoms with E-state index >= 15 is 0 Å². The molecule has 0 fully saturated rings. The van der Waals surface area contributed by atoms with E-state index in [0.717, 1.165) is 5.56 Å². The number of hydrogen-bond acceptors (Lipinski definition) is 3. The lowest BCUT2D eigenvalue weighted by Crippen LogP contribution is -1.88. The molecule has 1 unspecified atom stereocenters. The van der Waals surface area contributed by atoms with Gasteiger partial charge >= 0.3 is 0 Å². The monoisotopic (exact) mass is 203 g/mol. The Bertz CT molecular complexity index is 248. The fraction of sp³-hybridized carbons (Fsp3) is 0.250. The Kier molecular flexibility index (Phi) is 5.84. The lowest BCUT2D eigenvalue weighted by atomic mass is 10.1. The predicted octanol–water partition coefficient (Wildman–Crippen LogP) is 2.54. The van der Waals surface area contributed by atoms with E-state index in [9.17, 15) is 0 Å². The SMILES string of the molecule is CC(O)c1ccc(Cl)cc1.O=NO.